The van der Waals surface area contributed by atoms with E-state index < -0.39 is 0 Å². The van der Waals surface area contributed by atoms with Crippen molar-refractivity contribution in [3.05, 3.63) is 51.5 Å². The minimum absolute atomic E-state index is 0.172. The minimum atomic E-state index is -0.204. The molecule has 5 heteroatoms. The molecule has 0 aromatic heterocycles. The van der Waals surface area contributed by atoms with Crippen LogP contribution in [0.4, 0.5) is 5.69 Å². The summed E-state index contributed by atoms with van der Waals surface area (Å²) in [6.07, 6.45) is 0. The smallest absolute Gasteiger partial charge is 0.221 e. The van der Waals surface area contributed by atoms with E-state index in [0.29, 0.717) is 32.4 Å². The van der Waals surface area contributed by atoms with Crippen molar-refractivity contribution < 1.29 is 9.59 Å². The maximum absolute atomic E-state index is 12.4. The van der Waals surface area contributed by atoms with Gasteiger partial charge in [-0.3, -0.25) is 9.59 Å². The van der Waals surface area contributed by atoms with Gasteiger partial charge < -0.3 is 5.32 Å². The molecule has 0 heterocycles. The summed E-state index contributed by atoms with van der Waals surface area (Å²) in [7, 11) is 0. The molecule has 0 atom stereocenters. The molecule has 3 nitrogen and oxygen atoms in total. The van der Waals surface area contributed by atoms with Crippen molar-refractivity contribution in [1.82, 2.24) is 0 Å². The van der Waals surface area contributed by atoms with Gasteiger partial charge in [-0.25, -0.2) is 0 Å². The number of nitrogens with one attached hydrogen (secondary N) is 1. The summed E-state index contributed by atoms with van der Waals surface area (Å²) >= 11 is 12.1. The zero-order valence-electron chi connectivity index (χ0n) is 10.5. The third-order valence-electron chi connectivity index (χ3n) is 3.19. The molecule has 0 saturated heterocycles. The second-order valence-electron chi connectivity index (χ2n) is 4.55. The van der Waals surface area contributed by atoms with Crippen molar-refractivity contribution in [2.75, 3.05) is 5.32 Å². The van der Waals surface area contributed by atoms with E-state index in [1.54, 1.807) is 30.3 Å². The largest absolute Gasteiger partial charge is 0.326 e. The van der Waals surface area contributed by atoms with Gasteiger partial charge in [0.05, 0.1) is 10.6 Å². The summed E-state index contributed by atoms with van der Waals surface area (Å²) in [6, 6.07) is 8.40. The molecule has 0 spiro atoms. The zero-order chi connectivity index (χ0) is 14.4. The molecule has 0 aliphatic heterocycles. The zero-order valence-corrected chi connectivity index (χ0v) is 12.0. The molecule has 20 heavy (non-hydrogen) atoms. The lowest BCUT2D eigenvalue weighted by Gasteiger charge is -2.10. The minimum Gasteiger partial charge on any atom is -0.326 e. The third kappa shape index (κ3) is 1.90. The monoisotopic (exact) mass is 305 g/mol. The van der Waals surface area contributed by atoms with Crippen molar-refractivity contribution >= 4 is 40.6 Å². The molecule has 0 saturated carbocycles. The molecule has 1 N–H and O–H groups in total. The van der Waals surface area contributed by atoms with E-state index >= 15 is 0 Å². The molecule has 0 unspecified atom stereocenters. The van der Waals surface area contributed by atoms with Crippen LogP contribution >= 0.6 is 23.2 Å². The lowest BCUT2D eigenvalue weighted by atomic mass is 10.0. The summed E-state index contributed by atoms with van der Waals surface area (Å²) in [4.78, 5) is 23.7. The van der Waals surface area contributed by atoms with Crippen LogP contribution in [0.5, 0.6) is 0 Å². The van der Waals surface area contributed by atoms with Crippen molar-refractivity contribution in [3.8, 4) is 11.1 Å². The second kappa shape index (κ2) is 4.62. The first-order chi connectivity index (χ1) is 9.49. The summed E-state index contributed by atoms with van der Waals surface area (Å²) in [5.41, 5.74) is 2.89. The number of ketones is 1. The molecule has 1 aliphatic carbocycles. The van der Waals surface area contributed by atoms with Gasteiger partial charge in [-0.1, -0.05) is 29.3 Å². The Morgan fingerprint density at radius 2 is 1.80 bits per heavy atom. The number of carbonyl (C=O) groups is 2. The predicted octanol–water partition coefficient (Wildman–Crippen LogP) is 4.16. The molecular weight excluding hydrogens is 297 g/mol. The Bertz CT molecular complexity index is 769. The first kappa shape index (κ1) is 13.2. The maximum Gasteiger partial charge on any atom is 0.221 e. The van der Waals surface area contributed by atoms with Gasteiger partial charge in [-0.05, 0) is 29.8 Å². The topological polar surface area (TPSA) is 46.2 Å². The summed E-state index contributed by atoms with van der Waals surface area (Å²) in [6.45, 7) is 1.42. The molecule has 2 aromatic carbocycles. The Kier molecular flexibility index (Phi) is 3.04. The highest BCUT2D eigenvalue weighted by Crippen LogP contribution is 2.45. The Labute approximate surface area is 125 Å². The fraction of sp³-hybridized carbons (Fsp3) is 0.0667. The van der Waals surface area contributed by atoms with Crippen LogP contribution < -0.4 is 5.32 Å². The van der Waals surface area contributed by atoms with Crippen LogP contribution in [0.1, 0.15) is 22.8 Å². The van der Waals surface area contributed by atoms with E-state index in [9.17, 15) is 9.59 Å². The molecule has 100 valence electrons. The molecule has 0 bridgehead atoms. The van der Waals surface area contributed by atoms with Crippen LogP contribution in [-0.2, 0) is 4.79 Å². The van der Waals surface area contributed by atoms with E-state index in [-0.39, 0.29) is 11.7 Å². The molecule has 0 fully saturated rings. The number of anilines is 1. The van der Waals surface area contributed by atoms with E-state index in [1.165, 1.54) is 6.92 Å². The molecule has 0 radical (unpaired) electrons. The average molecular weight is 306 g/mol. The fourth-order valence-electron chi connectivity index (χ4n) is 2.43. The van der Waals surface area contributed by atoms with Crippen molar-refractivity contribution in [1.29, 1.82) is 0 Å². The first-order valence-electron chi connectivity index (χ1n) is 5.93. The van der Waals surface area contributed by atoms with E-state index in [2.05, 4.69) is 5.32 Å². The van der Waals surface area contributed by atoms with Crippen molar-refractivity contribution in [2.24, 2.45) is 0 Å². The highest BCUT2D eigenvalue weighted by Gasteiger charge is 2.31. The number of fused-ring (bicyclic) bond motifs is 3. The quantitative estimate of drug-likeness (QED) is 0.733. The summed E-state index contributed by atoms with van der Waals surface area (Å²) < 4.78 is 0. The molecular formula is C15H9Cl2NO2. The molecule has 1 amide bonds. The van der Waals surface area contributed by atoms with E-state index in [0.717, 1.165) is 5.56 Å². The van der Waals surface area contributed by atoms with E-state index in [1.807, 2.05) is 0 Å². The Hall–Kier alpha value is -1.84. The molecule has 2 aromatic rings. The van der Waals surface area contributed by atoms with Gasteiger partial charge in [0.2, 0.25) is 5.91 Å². The number of amides is 1. The first-order valence-corrected chi connectivity index (χ1v) is 6.69. The predicted molar refractivity (Wildman–Crippen MR) is 79.6 cm³/mol. The van der Waals surface area contributed by atoms with Crippen LogP contribution in [0.25, 0.3) is 11.1 Å². The lowest BCUT2D eigenvalue weighted by molar-refractivity contribution is -0.114. The average Bonchev–Trinajstić information content (AvgIpc) is 2.67. The Morgan fingerprint density at radius 3 is 2.50 bits per heavy atom. The number of benzene rings is 2. The maximum atomic E-state index is 12.4. The Balaban J connectivity index is 2.32. The second-order valence-corrected chi connectivity index (χ2v) is 5.39. The van der Waals surface area contributed by atoms with Gasteiger partial charge in [-0.15, -0.1) is 0 Å². The SMILES string of the molecule is CC(=O)Nc1ccc(Cl)c2c1-c1ccc(Cl)cc1C2=O. The van der Waals surface area contributed by atoms with Crippen molar-refractivity contribution in [3.63, 3.8) is 0 Å². The van der Waals surface area contributed by atoms with Gasteiger partial charge in [-0.2, -0.15) is 0 Å². The molecule has 1 aliphatic rings. The normalized spacial score (nSPS) is 12.1. The fourth-order valence-corrected chi connectivity index (χ4v) is 2.85. The van der Waals surface area contributed by atoms with E-state index in [4.69, 9.17) is 23.2 Å². The summed E-state index contributed by atoms with van der Waals surface area (Å²) in [5, 5.41) is 3.58. The van der Waals surface area contributed by atoms with Gasteiger partial charge in [0.15, 0.2) is 5.78 Å². The number of hydrogen-bond acceptors (Lipinski definition) is 2. The number of rotatable bonds is 1. The van der Waals surface area contributed by atoms with Crippen LogP contribution in [0.15, 0.2) is 30.3 Å². The number of carbonyl (C=O) groups excluding carboxylic acids is 2. The molecule has 3 rings (SSSR count). The van der Waals surface area contributed by atoms with Gasteiger partial charge in [0.25, 0.3) is 0 Å². The van der Waals surface area contributed by atoms with Crippen LogP contribution in [0, 0.1) is 0 Å². The number of hydrogen-bond donors (Lipinski definition) is 1. The summed E-state index contributed by atoms with van der Waals surface area (Å²) in [5.74, 6) is -0.376. The highest BCUT2D eigenvalue weighted by molar-refractivity contribution is 6.39. The van der Waals surface area contributed by atoms with Gasteiger partial charge >= 0.3 is 0 Å². The van der Waals surface area contributed by atoms with Crippen molar-refractivity contribution in [2.45, 2.75) is 6.92 Å². The number of halogens is 2. The van der Waals surface area contributed by atoms with Crippen LogP contribution in [0.2, 0.25) is 10.0 Å². The van der Waals surface area contributed by atoms with Gasteiger partial charge in [0, 0.05) is 28.8 Å². The third-order valence-corrected chi connectivity index (χ3v) is 3.74. The van der Waals surface area contributed by atoms with Gasteiger partial charge in [0.1, 0.15) is 0 Å². The Morgan fingerprint density at radius 1 is 1.05 bits per heavy atom. The van der Waals surface area contributed by atoms with Crippen LogP contribution in [0.3, 0.4) is 0 Å². The standard InChI is InChI=1S/C15H9Cl2NO2/c1-7(19)18-12-5-4-11(17)14-13(12)9-3-2-8(16)6-10(9)15(14)20/h2-6H,1H3,(H,18,19). The highest BCUT2D eigenvalue weighted by atomic mass is 35.5. The lowest BCUT2D eigenvalue weighted by Crippen LogP contribution is -2.07. The van der Waals surface area contributed by atoms with Crippen LogP contribution in [-0.4, -0.2) is 11.7 Å².